The van der Waals surface area contributed by atoms with Crippen LogP contribution in [0.25, 0.3) is 22.4 Å². The summed E-state index contributed by atoms with van der Waals surface area (Å²) < 4.78 is 7.52. The van der Waals surface area contributed by atoms with Crippen molar-refractivity contribution < 1.29 is 19.4 Å². The van der Waals surface area contributed by atoms with Gasteiger partial charge in [-0.1, -0.05) is 0 Å². The molecule has 0 atom stereocenters. The first-order valence-corrected chi connectivity index (χ1v) is 12.1. The summed E-state index contributed by atoms with van der Waals surface area (Å²) in [7, 11) is 3.54. The predicted octanol–water partition coefficient (Wildman–Crippen LogP) is 2.74. The van der Waals surface area contributed by atoms with Gasteiger partial charge < -0.3 is 24.5 Å². The lowest BCUT2D eigenvalue weighted by Gasteiger charge is -2.33. The highest BCUT2D eigenvalue weighted by molar-refractivity contribution is 5.89. The molecule has 2 aliphatic heterocycles. The molecule has 0 spiro atoms. The van der Waals surface area contributed by atoms with Crippen LogP contribution < -0.4 is 10.2 Å². The van der Waals surface area contributed by atoms with Gasteiger partial charge in [0.2, 0.25) is 0 Å². The van der Waals surface area contributed by atoms with Crippen LogP contribution in [0.2, 0.25) is 0 Å². The number of carboxylic acid groups (broad SMARTS) is 1. The van der Waals surface area contributed by atoms with Gasteiger partial charge in [0.15, 0.2) is 11.5 Å². The van der Waals surface area contributed by atoms with Gasteiger partial charge in [-0.25, -0.2) is 24.2 Å². The Hall–Kier alpha value is -3.93. The zero-order valence-electron chi connectivity index (χ0n) is 20.4. The molecule has 3 amide bonds. The minimum atomic E-state index is -1.11. The summed E-state index contributed by atoms with van der Waals surface area (Å²) in [6.45, 7) is 4.03. The molecule has 0 radical (unpaired) electrons. The highest BCUT2D eigenvalue weighted by Crippen LogP contribution is 2.32. The average molecular weight is 495 g/mol. The van der Waals surface area contributed by atoms with Crippen molar-refractivity contribution in [2.45, 2.75) is 18.9 Å². The van der Waals surface area contributed by atoms with E-state index in [-0.39, 0.29) is 12.1 Å². The highest BCUT2D eigenvalue weighted by atomic mass is 16.5. The van der Waals surface area contributed by atoms with Crippen LogP contribution in [0.15, 0.2) is 30.5 Å². The van der Waals surface area contributed by atoms with E-state index in [2.05, 4.69) is 10.2 Å². The molecule has 2 aliphatic rings. The number of rotatable bonds is 4. The van der Waals surface area contributed by atoms with Crippen molar-refractivity contribution in [1.82, 2.24) is 29.5 Å². The Morgan fingerprint density at radius 1 is 1.06 bits per heavy atom. The third-order valence-corrected chi connectivity index (χ3v) is 6.60. The fourth-order valence-electron chi connectivity index (χ4n) is 4.73. The molecule has 0 unspecified atom stereocenters. The maximum Gasteiger partial charge on any atom is 0.409 e. The molecule has 3 aromatic rings. The van der Waals surface area contributed by atoms with Gasteiger partial charge in [0.1, 0.15) is 5.82 Å². The SMILES string of the molecule is CN(C)C(=O)N1CCC(n2ncc3c(N4CCOCC4)nc(-c4ccc(NC(=O)O)cc4)nc32)CC1. The van der Waals surface area contributed by atoms with Gasteiger partial charge in [-0.2, -0.15) is 5.10 Å². The van der Waals surface area contributed by atoms with Crippen LogP contribution in [0, 0.1) is 0 Å². The molecule has 0 aliphatic carbocycles. The Labute approximate surface area is 208 Å². The number of aromatic nitrogens is 4. The first kappa shape index (κ1) is 23.8. The van der Waals surface area contributed by atoms with Crippen LogP contribution in [-0.4, -0.2) is 100 Å². The summed E-state index contributed by atoms with van der Waals surface area (Å²) in [4.78, 5) is 38.8. The number of nitrogens with one attached hydrogen (secondary N) is 1. The Balaban J connectivity index is 1.50. The number of fused-ring (bicyclic) bond motifs is 1. The average Bonchev–Trinajstić information content (AvgIpc) is 3.32. The largest absolute Gasteiger partial charge is 0.465 e. The van der Waals surface area contributed by atoms with E-state index < -0.39 is 6.09 Å². The van der Waals surface area contributed by atoms with E-state index >= 15 is 0 Å². The van der Waals surface area contributed by atoms with Crippen molar-refractivity contribution in [3.63, 3.8) is 0 Å². The predicted molar refractivity (Wildman–Crippen MR) is 134 cm³/mol. The lowest BCUT2D eigenvalue weighted by atomic mass is 10.1. The number of carbonyl (C=O) groups excluding carboxylic acids is 1. The molecule has 36 heavy (non-hydrogen) atoms. The zero-order valence-corrected chi connectivity index (χ0v) is 20.4. The quantitative estimate of drug-likeness (QED) is 0.567. The van der Waals surface area contributed by atoms with Gasteiger partial charge in [-0.05, 0) is 37.1 Å². The van der Waals surface area contributed by atoms with Crippen LogP contribution in [0.1, 0.15) is 18.9 Å². The van der Waals surface area contributed by atoms with E-state index in [4.69, 9.17) is 24.9 Å². The Kier molecular flexibility index (Phi) is 6.59. The molecule has 12 nitrogen and oxygen atoms in total. The maximum absolute atomic E-state index is 12.4. The summed E-state index contributed by atoms with van der Waals surface area (Å²) in [5.41, 5.74) is 2.01. The summed E-state index contributed by atoms with van der Waals surface area (Å²) >= 11 is 0. The van der Waals surface area contributed by atoms with Crippen molar-refractivity contribution in [1.29, 1.82) is 0 Å². The monoisotopic (exact) mass is 494 g/mol. The third-order valence-electron chi connectivity index (χ3n) is 6.60. The van der Waals surface area contributed by atoms with Crippen molar-refractivity contribution >= 4 is 34.7 Å². The molecule has 190 valence electrons. The minimum absolute atomic E-state index is 0.0267. The number of carbonyl (C=O) groups is 2. The zero-order chi connectivity index (χ0) is 25.2. The third kappa shape index (κ3) is 4.76. The van der Waals surface area contributed by atoms with Gasteiger partial charge in [-0.3, -0.25) is 5.32 Å². The molecule has 4 heterocycles. The van der Waals surface area contributed by atoms with E-state index in [1.807, 2.05) is 27.9 Å². The summed E-state index contributed by atoms with van der Waals surface area (Å²) in [6.07, 6.45) is 2.30. The molecule has 2 fully saturated rings. The van der Waals surface area contributed by atoms with E-state index in [1.54, 1.807) is 31.1 Å². The molecule has 0 saturated carbocycles. The molecular formula is C24H30N8O4. The number of urea groups is 1. The van der Waals surface area contributed by atoms with E-state index in [1.165, 1.54) is 0 Å². The number of benzene rings is 1. The second-order valence-electron chi connectivity index (χ2n) is 9.20. The van der Waals surface area contributed by atoms with Gasteiger partial charge >= 0.3 is 12.1 Å². The molecule has 2 aromatic heterocycles. The topological polar surface area (TPSA) is 129 Å². The number of hydrogen-bond donors (Lipinski definition) is 2. The lowest BCUT2D eigenvalue weighted by molar-refractivity contribution is 0.122. The van der Waals surface area contributed by atoms with Crippen LogP contribution in [0.4, 0.5) is 21.1 Å². The fourth-order valence-corrected chi connectivity index (χ4v) is 4.73. The molecule has 2 N–H and O–H groups in total. The smallest absolute Gasteiger partial charge is 0.409 e. The van der Waals surface area contributed by atoms with Crippen molar-refractivity contribution in [2.24, 2.45) is 0 Å². The van der Waals surface area contributed by atoms with Crippen molar-refractivity contribution in [2.75, 3.05) is 63.7 Å². The van der Waals surface area contributed by atoms with E-state index in [0.717, 1.165) is 48.3 Å². The standard InChI is InChI=1S/C24H30N8O4/c1-29(2)24(35)31-9-7-18(8-10-31)32-22-19(15-25-32)21(30-11-13-36-14-12-30)27-20(28-22)16-3-5-17(6-4-16)26-23(33)34/h3-6,15,18,26H,7-14H2,1-2H3,(H,33,34). The molecule has 0 bridgehead atoms. The van der Waals surface area contributed by atoms with Crippen LogP contribution in [0.5, 0.6) is 0 Å². The van der Waals surface area contributed by atoms with Crippen LogP contribution in [-0.2, 0) is 4.74 Å². The summed E-state index contributed by atoms with van der Waals surface area (Å²) in [5, 5.41) is 16.9. The second-order valence-corrected chi connectivity index (χ2v) is 9.20. The van der Waals surface area contributed by atoms with E-state index in [9.17, 15) is 9.59 Å². The van der Waals surface area contributed by atoms with Crippen molar-refractivity contribution in [3.05, 3.63) is 30.5 Å². The first-order chi connectivity index (χ1) is 17.4. The second kappa shape index (κ2) is 9.97. The lowest BCUT2D eigenvalue weighted by Crippen LogP contribution is -2.44. The number of amides is 3. The maximum atomic E-state index is 12.4. The Morgan fingerprint density at radius 3 is 2.39 bits per heavy atom. The number of piperidine rings is 1. The van der Waals surface area contributed by atoms with Crippen LogP contribution in [0.3, 0.4) is 0 Å². The summed E-state index contributed by atoms with van der Waals surface area (Å²) in [6, 6.07) is 7.15. The fraction of sp³-hybridized carbons (Fsp3) is 0.458. The number of hydrogen-bond acceptors (Lipinski definition) is 7. The minimum Gasteiger partial charge on any atom is -0.465 e. The Bertz CT molecular complexity index is 1240. The highest BCUT2D eigenvalue weighted by Gasteiger charge is 2.28. The molecule has 2 saturated heterocycles. The van der Waals surface area contributed by atoms with E-state index in [0.29, 0.717) is 37.8 Å². The van der Waals surface area contributed by atoms with Gasteiger partial charge in [-0.15, -0.1) is 0 Å². The number of ether oxygens (including phenoxy) is 1. The first-order valence-electron chi connectivity index (χ1n) is 12.1. The molecule has 1 aromatic carbocycles. The molecule has 12 heteroatoms. The van der Waals surface area contributed by atoms with Gasteiger partial charge in [0.05, 0.1) is 30.8 Å². The number of anilines is 2. The van der Waals surface area contributed by atoms with Crippen molar-refractivity contribution in [3.8, 4) is 11.4 Å². The normalized spacial score (nSPS) is 16.8. The van der Waals surface area contributed by atoms with Crippen LogP contribution >= 0.6 is 0 Å². The Morgan fingerprint density at radius 2 is 1.75 bits per heavy atom. The summed E-state index contributed by atoms with van der Waals surface area (Å²) in [5.74, 6) is 1.37. The number of nitrogens with zero attached hydrogens (tertiary/aromatic N) is 7. The van der Waals surface area contributed by atoms with Gasteiger partial charge in [0, 0.05) is 51.5 Å². The number of likely N-dealkylation sites (tertiary alicyclic amines) is 1. The molecular weight excluding hydrogens is 464 g/mol. The van der Waals surface area contributed by atoms with Gasteiger partial charge in [0.25, 0.3) is 0 Å². The number of morpholine rings is 1. The molecule has 5 rings (SSSR count).